The Morgan fingerprint density at radius 2 is 1.83 bits per heavy atom. The SMILES string of the molecule is CC(=O)N1CCN(c2nc(N)c3c(n2)C(=O)N(C(C)C)C3)CC1. The number of anilines is 2. The van der Waals surface area contributed by atoms with Gasteiger partial charge in [-0.25, -0.2) is 4.98 Å². The summed E-state index contributed by atoms with van der Waals surface area (Å²) >= 11 is 0. The normalized spacial score (nSPS) is 17.9. The average molecular weight is 318 g/mol. The second-order valence-corrected chi connectivity index (χ2v) is 6.26. The van der Waals surface area contributed by atoms with Crippen LogP contribution in [0.2, 0.25) is 0 Å². The van der Waals surface area contributed by atoms with Gasteiger partial charge in [-0.15, -0.1) is 0 Å². The summed E-state index contributed by atoms with van der Waals surface area (Å²) in [4.78, 5) is 38.2. The van der Waals surface area contributed by atoms with Crippen LogP contribution in [0.15, 0.2) is 0 Å². The van der Waals surface area contributed by atoms with E-state index in [0.717, 1.165) is 5.56 Å². The summed E-state index contributed by atoms with van der Waals surface area (Å²) in [5.41, 5.74) is 7.19. The van der Waals surface area contributed by atoms with Gasteiger partial charge in [-0.3, -0.25) is 9.59 Å². The molecule has 0 bridgehead atoms. The molecule has 0 aromatic carbocycles. The first-order valence-electron chi connectivity index (χ1n) is 7.86. The van der Waals surface area contributed by atoms with Crippen LogP contribution in [0, 0.1) is 0 Å². The van der Waals surface area contributed by atoms with E-state index in [9.17, 15) is 9.59 Å². The lowest BCUT2D eigenvalue weighted by Crippen LogP contribution is -2.48. The van der Waals surface area contributed by atoms with Gasteiger partial charge in [-0.05, 0) is 13.8 Å². The van der Waals surface area contributed by atoms with Crippen molar-refractivity contribution in [3.8, 4) is 0 Å². The first-order chi connectivity index (χ1) is 10.9. The number of piperazine rings is 1. The minimum absolute atomic E-state index is 0.0711. The van der Waals surface area contributed by atoms with E-state index in [4.69, 9.17) is 5.73 Å². The molecule has 3 heterocycles. The minimum atomic E-state index is -0.0901. The Labute approximate surface area is 135 Å². The lowest BCUT2D eigenvalue weighted by molar-refractivity contribution is -0.129. The molecule has 1 saturated heterocycles. The van der Waals surface area contributed by atoms with Gasteiger partial charge in [0.05, 0.1) is 6.54 Å². The van der Waals surface area contributed by atoms with Gasteiger partial charge in [0, 0.05) is 44.7 Å². The van der Waals surface area contributed by atoms with Crippen molar-refractivity contribution in [3.63, 3.8) is 0 Å². The third-order valence-corrected chi connectivity index (χ3v) is 4.45. The van der Waals surface area contributed by atoms with E-state index in [1.165, 1.54) is 0 Å². The minimum Gasteiger partial charge on any atom is -0.383 e. The molecular formula is C15H22N6O2. The van der Waals surface area contributed by atoms with Crippen LogP contribution in [0.1, 0.15) is 36.8 Å². The molecule has 0 unspecified atom stereocenters. The summed E-state index contributed by atoms with van der Waals surface area (Å²) in [5, 5.41) is 0. The largest absolute Gasteiger partial charge is 0.383 e. The van der Waals surface area contributed by atoms with E-state index in [-0.39, 0.29) is 17.9 Å². The fourth-order valence-electron chi connectivity index (χ4n) is 2.98. The van der Waals surface area contributed by atoms with E-state index in [2.05, 4.69) is 9.97 Å². The summed E-state index contributed by atoms with van der Waals surface area (Å²) in [6.45, 7) is 8.50. The number of hydrogen-bond donors (Lipinski definition) is 1. The molecule has 8 nitrogen and oxygen atoms in total. The Bertz CT molecular complexity index is 652. The smallest absolute Gasteiger partial charge is 0.273 e. The van der Waals surface area contributed by atoms with Crippen molar-refractivity contribution in [2.45, 2.75) is 33.4 Å². The van der Waals surface area contributed by atoms with Crippen molar-refractivity contribution in [2.75, 3.05) is 36.8 Å². The lowest BCUT2D eigenvalue weighted by Gasteiger charge is -2.34. The number of fused-ring (bicyclic) bond motifs is 1. The van der Waals surface area contributed by atoms with E-state index in [1.807, 2.05) is 18.7 Å². The van der Waals surface area contributed by atoms with Gasteiger partial charge in [0.25, 0.3) is 5.91 Å². The first-order valence-corrected chi connectivity index (χ1v) is 7.86. The van der Waals surface area contributed by atoms with Crippen LogP contribution >= 0.6 is 0 Å². The quantitative estimate of drug-likeness (QED) is 0.830. The zero-order valence-electron chi connectivity index (χ0n) is 13.7. The topological polar surface area (TPSA) is 95.7 Å². The highest BCUT2D eigenvalue weighted by Crippen LogP contribution is 2.28. The number of nitrogens with zero attached hydrogens (tertiary/aromatic N) is 5. The van der Waals surface area contributed by atoms with Crippen LogP contribution in [0.25, 0.3) is 0 Å². The maximum atomic E-state index is 12.5. The number of rotatable bonds is 2. The van der Waals surface area contributed by atoms with Gasteiger partial charge in [-0.1, -0.05) is 0 Å². The maximum absolute atomic E-state index is 12.5. The van der Waals surface area contributed by atoms with Crippen molar-refractivity contribution in [1.82, 2.24) is 19.8 Å². The van der Waals surface area contributed by atoms with E-state index < -0.39 is 0 Å². The van der Waals surface area contributed by atoms with Crippen molar-refractivity contribution in [3.05, 3.63) is 11.3 Å². The van der Waals surface area contributed by atoms with E-state index in [0.29, 0.717) is 50.2 Å². The molecule has 2 N–H and O–H groups in total. The van der Waals surface area contributed by atoms with Gasteiger partial charge in [-0.2, -0.15) is 4.98 Å². The Hall–Kier alpha value is -2.38. The van der Waals surface area contributed by atoms with Gasteiger partial charge in [0.2, 0.25) is 11.9 Å². The Morgan fingerprint density at radius 1 is 1.17 bits per heavy atom. The molecule has 0 aliphatic carbocycles. The predicted molar refractivity (Wildman–Crippen MR) is 85.9 cm³/mol. The third-order valence-electron chi connectivity index (χ3n) is 4.45. The molecule has 0 spiro atoms. The molecule has 3 rings (SSSR count). The second-order valence-electron chi connectivity index (χ2n) is 6.26. The predicted octanol–water partition coefficient (Wildman–Crippen LogP) is 0.0915. The van der Waals surface area contributed by atoms with Crippen molar-refractivity contribution in [1.29, 1.82) is 0 Å². The zero-order valence-corrected chi connectivity index (χ0v) is 13.7. The van der Waals surface area contributed by atoms with Crippen molar-refractivity contribution >= 4 is 23.6 Å². The highest BCUT2D eigenvalue weighted by molar-refractivity contribution is 5.98. The standard InChI is InChI=1S/C15H22N6O2/c1-9(2)21-8-11-12(14(21)23)17-15(18-13(11)16)20-6-4-19(5-7-20)10(3)22/h9H,4-8H2,1-3H3,(H2,16,17,18). The van der Waals surface area contributed by atoms with E-state index in [1.54, 1.807) is 16.7 Å². The fourth-order valence-corrected chi connectivity index (χ4v) is 2.98. The van der Waals surface area contributed by atoms with Crippen LogP contribution in [0.4, 0.5) is 11.8 Å². The molecule has 8 heteroatoms. The number of aromatic nitrogens is 2. The van der Waals surface area contributed by atoms with Gasteiger partial charge < -0.3 is 20.4 Å². The fraction of sp³-hybridized carbons (Fsp3) is 0.600. The summed E-state index contributed by atoms with van der Waals surface area (Å²) in [6, 6.07) is 0.0960. The molecule has 0 saturated carbocycles. The molecule has 0 atom stereocenters. The van der Waals surface area contributed by atoms with Crippen LogP contribution in [0.3, 0.4) is 0 Å². The molecular weight excluding hydrogens is 296 g/mol. The van der Waals surface area contributed by atoms with Crippen LogP contribution in [-0.4, -0.2) is 63.8 Å². The highest BCUT2D eigenvalue weighted by Gasteiger charge is 2.34. The summed E-state index contributed by atoms with van der Waals surface area (Å²) in [6.07, 6.45) is 0. The summed E-state index contributed by atoms with van der Waals surface area (Å²) in [5.74, 6) is 0.827. The molecule has 0 radical (unpaired) electrons. The number of nitrogen functional groups attached to an aromatic ring is 1. The molecule has 1 aromatic rings. The lowest BCUT2D eigenvalue weighted by atomic mass is 10.2. The monoisotopic (exact) mass is 318 g/mol. The number of carbonyl (C=O) groups excluding carboxylic acids is 2. The van der Waals surface area contributed by atoms with Gasteiger partial charge in [0.1, 0.15) is 11.5 Å². The molecule has 2 amide bonds. The average Bonchev–Trinajstić information content (AvgIpc) is 2.85. The molecule has 23 heavy (non-hydrogen) atoms. The zero-order chi connectivity index (χ0) is 16.7. The van der Waals surface area contributed by atoms with Gasteiger partial charge in [0.15, 0.2) is 0 Å². The number of nitrogens with two attached hydrogens (primary N) is 1. The van der Waals surface area contributed by atoms with Gasteiger partial charge >= 0.3 is 0 Å². The van der Waals surface area contributed by atoms with Crippen LogP contribution < -0.4 is 10.6 Å². The molecule has 1 fully saturated rings. The number of carbonyl (C=O) groups is 2. The Balaban J connectivity index is 1.83. The molecule has 1 aromatic heterocycles. The maximum Gasteiger partial charge on any atom is 0.273 e. The first kappa shape index (κ1) is 15.5. The highest BCUT2D eigenvalue weighted by atomic mass is 16.2. The van der Waals surface area contributed by atoms with Crippen LogP contribution in [-0.2, 0) is 11.3 Å². The Morgan fingerprint density at radius 3 is 2.39 bits per heavy atom. The van der Waals surface area contributed by atoms with Crippen molar-refractivity contribution in [2.24, 2.45) is 0 Å². The summed E-state index contributed by atoms with van der Waals surface area (Å²) < 4.78 is 0. The van der Waals surface area contributed by atoms with Crippen molar-refractivity contribution < 1.29 is 9.59 Å². The van der Waals surface area contributed by atoms with E-state index >= 15 is 0 Å². The summed E-state index contributed by atoms with van der Waals surface area (Å²) in [7, 11) is 0. The second kappa shape index (κ2) is 5.68. The molecule has 2 aliphatic rings. The molecule has 2 aliphatic heterocycles. The Kier molecular flexibility index (Phi) is 3.83. The third kappa shape index (κ3) is 2.69. The number of hydrogen-bond acceptors (Lipinski definition) is 6. The van der Waals surface area contributed by atoms with Crippen LogP contribution in [0.5, 0.6) is 0 Å². The molecule has 124 valence electrons. The number of amides is 2.